The monoisotopic (exact) mass is 511 g/mol. The van der Waals surface area contributed by atoms with Crippen LogP contribution >= 0.6 is 11.6 Å². The number of nitrogen functional groups attached to an aromatic ring is 1. The maximum absolute atomic E-state index is 12.4. The van der Waals surface area contributed by atoms with Gasteiger partial charge in [-0.25, -0.2) is 19.6 Å². The minimum absolute atomic E-state index is 0.207. The summed E-state index contributed by atoms with van der Waals surface area (Å²) in [7, 11) is 0. The average molecular weight is 512 g/mol. The zero-order valence-electron chi connectivity index (χ0n) is 19.8. The second-order valence-corrected chi connectivity index (χ2v) is 9.71. The van der Waals surface area contributed by atoms with Crippen LogP contribution in [-0.2, 0) is 4.79 Å². The van der Waals surface area contributed by atoms with Crippen molar-refractivity contribution in [2.24, 2.45) is 0 Å². The SMILES string of the molecule is C=CC(=O)N1C[C@@H](n2nc(C#Cc3cc4ncn(C5CC5)c4cc3Cl)c3c(N)ncnc32)C[C@@H]1CC#N. The molecular weight excluding hydrogens is 490 g/mol. The van der Waals surface area contributed by atoms with Gasteiger partial charge in [0.25, 0.3) is 0 Å². The zero-order chi connectivity index (χ0) is 25.7. The lowest BCUT2D eigenvalue weighted by Gasteiger charge is -2.20. The Balaban J connectivity index is 1.39. The van der Waals surface area contributed by atoms with Crippen molar-refractivity contribution in [1.82, 2.24) is 34.2 Å². The molecule has 11 heteroatoms. The Bertz CT molecular complexity index is 1680. The summed E-state index contributed by atoms with van der Waals surface area (Å²) in [5, 5.41) is 15.1. The number of hydrogen-bond donors (Lipinski definition) is 1. The molecule has 1 amide bonds. The van der Waals surface area contributed by atoms with Gasteiger partial charge >= 0.3 is 0 Å². The molecule has 0 bridgehead atoms. The molecule has 1 aliphatic heterocycles. The topological polar surface area (TPSA) is 132 Å². The molecule has 1 aromatic carbocycles. The highest BCUT2D eigenvalue weighted by molar-refractivity contribution is 6.32. The fourth-order valence-electron chi connectivity index (χ4n) is 5.01. The minimum Gasteiger partial charge on any atom is -0.383 e. The quantitative estimate of drug-likeness (QED) is 0.328. The van der Waals surface area contributed by atoms with Gasteiger partial charge in [0.05, 0.1) is 46.3 Å². The van der Waals surface area contributed by atoms with E-state index in [4.69, 9.17) is 22.4 Å². The number of nitrogens with zero attached hydrogens (tertiary/aromatic N) is 8. The molecule has 3 aromatic heterocycles. The number of amides is 1. The molecule has 0 unspecified atom stereocenters. The Labute approximate surface area is 217 Å². The van der Waals surface area contributed by atoms with Crippen LogP contribution in [0.5, 0.6) is 0 Å². The first-order chi connectivity index (χ1) is 18.0. The molecule has 1 saturated carbocycles. The average Bonchev–Trinajstić information content (AvgIpc) is 3.35. The number of hydrogen-bond acceptors (Lipinski definition) is 7. The molecule has 6 rings (SSSR count). The third kappa shape index (κ3) is 3.96. The van der Waals surface area contributed by atoms with Gasteiger partial charge in [-0.15, -0.1) is 0 Å². The number of fused-ring (bicyclic) bond motifs is 2. The number of carbonyl (C=O) groups excluding carboxylic acids is 1. The molecule has 1 aliphatic carbocycles. The third-order valence-electron chi connectivity index (χ3n) is 6.96. The minimum atomic E-state index is -0.241. The Morgan fingerprint density at radius 2 is 2.08 bits per heavy atom. The van der Waals surface area contributed by atoms with Gasteiger partial charge in [-0.2, -0.15) is 10.4 Å². The molecular formula is C26H22ClN9O. The van der Waals surface area contributed by atoms with E-state index in [1.54, 1.807) is 9.58 Å². The van der Waals surface area contributed by atoms with Crippen molar-refractivity contribution in [1.29, 1.82) is 5.26 Å². The van der Waals surface area contributed by atoms with Gasteiger partial charge in [0.2, 0.25) is 5.91 Å². The standard InChI is InChI=1S/C26H22ClN9O/c1-2-23(37)34-12-18(10-17(34)7-8-28)36-26-24(25(29)30-13-31-26)20(33-36)6-3-15-9-21-22(11-19(15)27)35(14-32-21)16-4-5-16/h2,9,11,13-14,16-18H,1,4-5,7,10,12H2,(H2,29,30,31)/t17-,18-/m0/s1. The lowest BCUT2D eigenvalue weighted by atomic mass is 10.1. The summed E-state index contributed by atoms with van der Waals surface area (Å²) in [6.45, 7) is 3.96. The van der Waals surface area contributed by atoms with E-state index in [2.05, 4.69) is 44.0 Å². The second-order valence-electron chi connectivity index (χ2n) is 9.30. The van der Waals surface area contributed by atoms with Crippen LogP contribution in [0.2, 0.25) is 5.02 Å². The molecule has 1 saturated heterocycles. The van der Waals surface area contributed by atoms with Gasteiger partial charge in [-0.3, -0.25) is 4.79 Å². The first-order valence-electron chi connectivity index (χ1n) is 11.9. The number of nitriles is 1. The molecule has 2 fully saturated rings. The molecule has 2 atom stereocenters. The van der Waals surface area contributed by atoms with E-state index in [9.17, 15) is 10.1 Å². The Kier molecular flexibility index (Phi) is 5.54. The van der Waals surface area contributed by atoms with Crippen molar-refractivity contribution >= 4 is 45.4 Å². The number of likely N-dealkylation sites (tertiary alicyclic amines) is 1. The summed E-state index contributed by atoms with van der Waals surface area (Å²) < 4.78 is 3.90. The van der Waals surface area contributed by atoms with Gasteiger partial charge in [0.15, 0.2) is 5.65 Å². The predicted molar refractivity (Wildman–Crippen MR) is 138 cm³/mol. The number of nitrogens with two attached hydrogens (primary N) is 1. The summed E-state index contributed by atoms with van der Waals surface area (Å²) in [5.74, 6) is 6.27. The van der Waals surface area contributed by atoms with Crippen molar-refractivity contribution in [3.63, 3.8) is 0 Å². The summed E-state index contributed by atoms with van der Waals surface area (Å²) >= 11 is 6.60. The number of benzene rings is 1. The summed E-state index contributed by atoms with van der Waals surface area (Å²) in [6, 6.07) is 6.00. The van der Waals surface area contributed by atoms with Crippen LogP contribution in [0, 0.1) is 23.2 Å². The van der Waals surface area contributed by atoms with Crippen LogP contribution in [0.4, 0.5) is 5.82 Å². The number of aromatic nitrogens is 6. The van der Waals surface area contributed by atoms with E-state index in [-0.39, 0.29) is 30.2 Å². The third-order valence-corrected chi connectivity index (χ3v) is 7.27. The van der Waals surface area contributed by atoms with Crippen molar-refractivity contribution in [2.45, 2.75) is 43.8 Å². The van der Waals surface area contributed by atoms with Crippen molar-refractivity contribution < 1.29 is 4.79 Å². The van der Waals surface area contributed by atoms with Crippen LogP contribution in [-0.4, -0.2) is 52.7 Å². The number of carbonyl (C=O) groups is 1. The van der Waals surface area contributed by atoms with Gasteiger partial charge in [-0.05, 0) is 43.4 Å². The predicted octanol–water partition coefficient (Wildman–Crippen LogP) is 3.39. The number of imidazole rings is 1. The fourth-order valence-corrected chi connectivity index (χ4v) is 5.21. The Morgan fingerprint density at radius 3 is 2.84 bits per heavy atom. The van der Waals surface area contributed by atoms with Crippen molar-refractivity contribution in [3.8, 4) is 17.9 Å². The highest BCUT2D eigenvalue weighted by Crippen LogP contribution is 2.38. The van der Waals surface area contributed by atoms with Crippen LogP contribution in [0.1, 0.15) is 49.0 Å². The fraction of sp³-hybridized carbons (Fsp3) is 0.308. The normalized spacial score (nSPS) is 19.1. The molecule has 0 spiro atoms. The van der Waals surface area contributed by atoms with E-state index in [0.717, 1.165) is 23.9 Å². The summed E-state index contributed by atoms with van der Waals surface area (Å²) in [6.07, 6.45) is 7.57. The molecule has 184 valence electrons. The van der Waals surface area contributed by atoms with E-state index in [1.165, 1.54) is 12.4 Å². The highest BCUT2D eigenvalue weighted by atomic mass is 35.5. The molecule has 2 N–H and O–H groups in total. The molecule has 37 heavy (non-hydrogen) atoms. The van der Waals surface area contributed by atoms with Gasteiger partial charge in [-0.1, -0.05) is 24.1 Å². The number of rotatable bonds is 4. The van der Waals surface area contributed by atoms with E-state index >= 15 is 0 Å². The summed E-state index contributed by atoms with van der Waals surface area (Å²) in [5.41, 5.74) is 9.62. The van der Waals surface area contributed by atoms with E-state index in [0.29, 0.717) is 46.3 Å². The maximum atomic E-state index is 12.4. The van der Waals surface area contributed by atoms with Gasteiger partial charge in [0.1, 0.15) is 17.8 Å². The molecule has 4 aromatic rings. The van der Waals surface area contributed by atoms with Gasteiger partial charge < -0.3 is 15.2 Å². The lowest BCUT2D eigenvalue weighted by molar-refractivity contribution is -0.126. The first-order valence-corrected chi connectivity index (χ1v) is 12.3. The Morgan fingerprint density at radius 1 is 1.24 bits per heavy atom. The van der Waals surface area contributed by atoms with E-state index in [1.807, 2.05) is 18.5 Å². The largest absolute Gasteiger partial charge is 0.383 e. The van der Waals surface area contributed by atoms with Crippen LogP contribution in [0.25, 0.3) is 22.1 Å². The van der Waals surface area contributed by atoms with E-state index < -0.39 is 0 Å². The zero-order valence-corrected chi connectivity index (χ0v) is 20.6. The van der Waals surface area contributed by atoms with Gasteiger partial charge in [0, 0.05) is 24.2 Å². The molecule has 10 nitrogen and oxygen atoms in total. The smallest absolute Gasteiger partial charge is 0.246 e. The van der Waals surface area contributed by atoms with Crippen LogP contribution < -0.4 is 5.73 Å². The number of halogens is 1. The second kappa shape index (κ2) is 8.91. The summed E-state index contributed by atoms with van der Waals surface area (Å²) in [4.78, 5) is 27.1. The number of anilines is 1. The first kappa shape index (κ1) is 23.0. The molecule has 0 radical (unpaired) electrons. The van der Waals surface area contributed by atoms with Crippen LogP contribution in [0.3, 0.4) is 0 Å². The molecule has 4 heterocycles. The van der Waals surface area contributed by atoms with Crippen LogP contribution in [0.15, 0.2) is 37.4 Å². The maximum Gasteiger partial charge on any atom is 0.246 e. The Hall–Kier alpha value is -4.41. The lowest BCUT2D eigenvalue weighted by Crippen LogP contribution is -2.34. The van der Waals surface area contributed by atoms with Crippen molar-refractivity contribution in [3.05, 3.63) is 53.7 Å². The van der Waals surface area contributed by atoms with Crippen molar-refractivity contribution in [2.75, 3.05) is 12.3 Å². The molecule has 2 aliphatic rings. The highest BCUT2D eigenvalue weighted by Gasteiger charge is 2.37.